The van der Waals surface area contributed by atoms with E-state index in [1.54, 1.807) is 0 Å². The maximum atomic E-state index is 11.6. The molecule has 1 amide bonds. The van der Waals surface area contributed by atoms with Gasteiger partial charge in [0, 0.05) is 33.1 Å². The molecule has 0 saturated carbocycles. The largest absolute Gasteiger partial charge is 0.344 e. The first-order valence-electron chi connectivity index (χ1n) is 6.76. The van der Waals surface area contributed by atoms with Crippen LogP contribution in [0.1, 0.15) is 18.4 Å². The van der Waals surface area contributed by atoms with Crippen molar-refractivity contribution in [1.82, 2.24) is 9.80 Å². The maximum Gasteiger partial charge on any atom is 0.223 e. The van der Waals surface area contributed by atoms with Gasteiger partial charge in [-0.1, -0.05) is 30.3 Å². The lowest BCUT2D eigenvalue weighted by molar-refractivity contribution is -0.129. The normalized spacial score (nSPS) is 17.8. The van der Waals surface area contributed by atoms with Gasteiger partial charge < -0.3 is 9.80 Å². The average Bonchev–Trinajstić information content (AvgIpc) is 2.55. The third-order valence-corrected chi connectivity index (χ3v) is 3.60. The number of aryl methyl sites for hydroxylation is 1. The van der Waals surface area contributed by atoms with Gasteiger partial charge in [0.2, 0.25) is 5.91 Å². The van der Waals surface area contributed by atoms with Crippen molar-refractivity contribution in [3.05, 3.63) is 35.9 Å². The molecule has 1 fully saturated rings. The van der Waals surface area contributed by atoms with E-state index in [-0.39, 0.29) is 5.91 Å². The molecule has 0 N–H and O–H groups in total. The van der Waals surface area contributed by atoms with Crippen LogP contribution < -0.4 is 0 Å². The molecule has 3 nitrogen and oxygen atoms in total. The second-order valence-electron chi connectivity index (χ2n) is 5.00. The number of rotatable bonds is 4. The summed E-state index contributed by atoms with van der Waals surface area (Å²) >= 11 is 0. The van der Waals surface area contributed by atoms with Crippen molar-refractivity contribution in [3.63, 3.8) is 0 Å². The van der Waals surface area contributed by atoms with Gasteiger partial charge in [0.15, 0.2) is 0 Å². The Morgan fingerprint density at radius 1 is 1.11 bits per heavy atom. The van der Waals surface area contributed by atoms with Crippen LogP contribution in [0.25, 0.3) is 0 Å². The molecule has 0 bridgehead atoms. The number of carbonyl (C=O) groups excluding carboxylic acids is 1. The molecule has 1 aliphatic heterocycles. The first kappa shape index (κ1) is 13.1. The van der Waals surface area contributed by atoms with Gasteiger partial charge in [0.1, 0.15) is 0 Å². The van der Waals surface area contributed by atoms with Crippen molar-refractivity contribution < 1.29 is 4.79 Å². The van der Waals surface area contributed by atoms with Gasteiger partial charge >= 0.3 is 0 Å². The minimum atomic E-state index is 0.278. The topological polar surface area (TPSA) is 23.6 Å². The van der Waals surface area contributed by atoms with Crippen LogP contribution in [0.15, 0.2) is 30.3 Å². The zero-order valence-electron chi connectivity index (χ0n) is 11.1. The molecule has 1 aromatic carbocycles. The number of nitrogens with zero attached hydrogens (tertiary/aromatic N) is 2. The molecule has 2 rings (SSSR count). The summed E-state index contributed by atoms with van der Waals surface area (Å²) < 4.78 is 0. The number of hydrogen-bond acceptors (Lipinski definition) is 2. The van der Waals surface area contributed by atoms with Crippen LogP contribution >= 0.6 is 0 Å². The highest BCUT2D eigenvalue weighted by molar-refractivity contribution is 5.76. The zero-order valence-corrected chi connectivity index (χ0v) is 11.1. The predicted molar refractivity (Wildman–Crippen MR) is 73.5 cm³/mol. The van der Waals surface area contributed by atoms with Gasteiger partial charge in [-0.25, -0.2) is 0 Å². The highest BCUT2D eigenvalue weighted by Gasteiger charge is 2.16. The summed E-state index contributed by atoms with van der Waals surface area (Å²) in [6.45, 7) is 3.88. The van der Waals surface area contributed by atoms with Crippen molar-refractivity contribution >= 4 is 5.91 Å². The molecule has 3 heteroatoms. The Bertz CT molecular complexity index is 377. The van der Waals surface area contributed by atoms with Crippen LogP contribution in [0.2, 0.25) is 0 Å². The van der Waals surface area contributed by atoms with Crippen molar-refractivity contribution in [3.8, 4) is 0 Å². The Hall–Kier alpha value is -1.35. The van der Waals surface area contributed by atoms with Crippen LogP contribution in [0, 0.1) is 0 Å². The van der Waals surface area contributed by atoms with E-state index in [1.807, 2.05) is 11.9 Å². The average molecular weight is 246 g/mol. The molecule has 1 heterocycles. The van der Waals surface area contributed by atoms with E-state index in [0.29, 0.717) is 6.42 Å². The molecule has 0 unspecified atom stereocenters. The lowest BCUT2D eigenvalue weighted by atomic mass is 10.1. The molecule has 0 aromatic heterocycles. The van der Waals surface area contributed by atoms with Crippen LogP contribution in [0.3, 0.4) is 0 Å². The summed E-state index contributed by atoms with van der Waals surface area (Å²) in [5, 5.41) is 0. The first-order chi connectivity index (χ1) is 8.75. The molecule has 1 aliphatic rings. The van der Waals surface area contributed by atoms with Crippen molar-refractivity contribution in [2.75, 3.05) is 33.2 Å². The summed E-state index contributed by atoms with van der Waals surface area (Å²) in [6, 6.07) is 10.6. The maximum absolute atomic E-state index is 11.6. The fourth-order valence-corrected chi connectivity index (χ4v) is 2.35. The smallest absolute Gasteiger partial charge is 0.223 e. The SMILES string of the molecule is CN1CCN(CCCc2ccccc2)CCC1=O. The van der Waals surface area contributed by atoms with Gasteiger partial charge in [0.25, 0.3) is 0 Å². The summed E-state index contributed by atoms with van der Waals surface area (Å²) in [5.74, 6) is 0.278. The van der Waals surface area contributed by atoms with E-state index in [0.717, 1.165) is 32.6 Å². The van der Waals surface area contributed by atoms with Crippen molar-refractivity contribution in [2.24, 2.45) is 0 Å². The van der Waals surface area contributed by atoms with Gasteiger partial charge in [-0.05, 0) is 24.9 Å². The molecule has 18 heavy (non-hydrogen) atoms. The number of carbonyl (C=O) groups is 1. The van der Waals surface area contributed by atoms with Crippen LogP contribution in [0.4, 0.5) is 0 Å². The molecule has 0 aliphatic carbocycles. The zero-order chi connectivity index (χ0) is 12.8. The minimum absolute atomic E-state index is 0.278. The quantitative estimate of drug-likeness (QED) is 0.808. The minimum Gasteiger partial charge on any atom is -0.344 e. The molecular weight excluding hydrogens is 224 g/mol. The second kappa shape index (κ2) is 6.55. The standard InChI is InChI=1S/C15H22N2O/c1-16-12-13-17(11-9-15(16)18)10-5-8-14-6-3-2-4-7-14/h2-4,6-7H,5,8-13H2,1H3. The van der Waals surface area contributed by atoms with Gasteiger partial charge in [0.05, 0.1) is 0 Å². The predicted octanol–water partition coefficient (Wildman–Crippen LogP) is 1.78. The van der Waals surface area contributed by atoms with E-state index < -0.39 is 0 Å². The highest BCUT2D eigenvalue weighted by atomic mass is 16.2. The van der Waals surface area contributed by atoms with E-state index in [2.05, 4.69) is 35.2 Å². The first-order valence-corrected chi connectivity index (χ1v) is 6.76. The highest BCUT2D eigenvalue weighted by Crippen LogP contribution is 2.06. The van der Waals surface area contributed by atoms with Crippen molar-refractivity contribution in [2.45, 2.75) is 19.3 Å². The summed E-state index contributed by atoms with van der Waals surface area (Å²) in [5.41, 5.74) is 1.40. The molecule has 1 aromatic rings. The number of amides is 1. The number of benzene rings is 1. The fourth-order valence-electron chi connectivity index (χ4n) is 2.35. The molecule has 98 valence electrons. The molecular formula is C15H22N2O. The van der Waals surface area contributed by atoms with Gasteiger partial charge in [-0.3, -0.25) is 4.79 Å². The van der Waals surface area contributed by atoms with Crippen LogP contribution in [-0.4, -0.2) is 48.9 Å². The molecule has 1 saturated heterocycles. The van der Waals surface area contributed by atoms with Gasteiger partial charge in [-0.15, -0.1) is 0 Å². The second-order valence-corrected chi connectivity index (χ2v) is 5.00. The van der Waals surface area contributed by atoms with Gasteiger partial charge in [-0.2, -0.15) is 0 Å². The lowest BCUT2D eigenvalue weighted by Gasteiger charge is -2.19. The molecule has 0 spiro atoms. The van der Waals surface area contributed by atoms with Crippen LogP contribution in [0.5, 0.6) is 0 Å². The van der Waals surface area contributed by atoms with Crippen molar-refractivity contribution in [1.29, 1.82) is 0 Å². The monoisotopic (exact) mass is 246 g/mol. The molecule has 0 atom stereocenters. The lowest BCUT2D eigenvalue weighted by Crippen LogP contribution is -2.30. The Morgan fingerprint density at radius 2 is 1.89 bits per heavy atom. The summed E-state index contributed by atoms with van der Waals surface area (Å²) in [4.78, 5) is 15.8. The Balaban J connectivity index is 1.72. The Labute approximate surface area is 109 Å². The third kappa shape index (κ3) is 3.84. The Morgan fingerprint density at radius 3 is 2.67 bits per heavy atom. The van der Waals surface area contributed by atoms with E-state index in [9.17, 15) is 4.79 Å². The van der Waals surface area contributed by atoms with E-state index >= 15 is 0 Å². The summed E-state index contributed by atoms with van der Waals surface area (Å²) in [7, 11) is 1.90. The van der Waals surface area contributed by atoms with E-state index in [4.69, 9.17) is 0 Å². The van der Waals surface area contributed by atoms with Crippen LogP contribution in [-0.2, 0) is 11.2 Å². The Kier molecular flexibility index (Phi) is 4.76. The number of likely N-dealkylation sites (N-methyl/N-ethyl adjacent to an activating group) is 1. The number of hydrogen-bond donors (Lipinski definition) is 0. The van der Waals surface area contributed by atoms with E-state index in [1.165, 1.54) is 12.0 Å². The molecule has 0 radical (unpaired) electrons. The third-order valence-electron chi connectivity index (χ3n) is 3.60. The summed E-state index contributed by atoms with van der Waals surface area (Å²) in [6.07, 6.45) is 2.96. The fraction of sp³-hybridized carbons (Fsp3) is 0.533.